The maximum atomic E-state index is 13.0. The van der Waals surface area contributed by atoms with E-state index in [-0.39, 0.29) is 12.2 Å². The number of carbonyl (C=O) groups is 1. The molecule has 0 aliphatic rings. The van der Waals surface area contributed by atoms with Gasteiger partial charge in [-0.2, -0.15) is 0 Å². The van der Waals surface area contributed by atoms with Crippen LogP contribution in [-0.2, 0) is 11.3 Å². The van der Waals surface area contributed by atoms with Crippen molar-refractivity contribution in [3.8, 4) is 11.4 Å². The van der Waals surface area contributed by atoms with Crippen LogP contribution in [0.25, 0.3) is 16.5 Å². The zero-order chi connectivity index (χ0) is 20.2. The molecule has 6 nitrogen and oxygen atoms in total. The Labute approximate surface area is 167 Å². The Hall–Kier alpha value is -3.93. The molecule has 0 aliphatic carbocycles. The number of hydrogen-bond acceptors (Lipinski definition) is 5. The van der Waals surface area contributed by atoms with Crippen LogP contribution in [0.4, 0.5) is 0 Å². The van der Waals surface area contributed by atoms with E-state index in [9.17, 15) is 9.59 Å². The predicted molar refractivity (Wildman–Crippen MR) is 109 cm³/mol. The van der Waals surface area contributed by atoms with Gasteiger partial charge in [-0.25, -0.2) is 4.79 Å². The Morgan fingerprint density at radius 2 is 1.86 bits per heavy atom. The van der Waals surface area contributed by atoms with Gasteiger partial charge in [0.05, 0.1) is 18.4 Å². The second-order valence-corrected chi connectivity index (χ2v) is 6.40. The number of benzene rings is 2. The van der Waals surface area contributed by atoms with E-state index in [4.69, 9.17) is 9.47 Å². The minimum Gasteiger partial charge on any atom is -0.497 e. The van der Waals surface area contributed by atoms with Crippen LogP contribution in [0, 0.1) is 0 Å². The molecule has 2 aromatic carbocycles. The van der Waals surface area contributed by atoms with Crippen molar-refractivity contribution < 1.29 is 14.3 Å². The Bertz CT molecular complexity index is 1230. The molecule has 6 heteroatoms. The normalized spacial score (nSPS) is 10.7. The van der Waals surface area contributed by atoms with E-state index in [1.54, 1.807) is 74.1 Å². The average molecular weight is 386 g/mol. The molecule has 0 bridgehead atoms. The molecule has 0 saturated heterocycles. The van der Waals surface area contributed by atoms with Gasteiger partial charge in [-0.3, -0.25) is 14.3 Å². The maximum absolute atomic E-state index is 13.0. The molecule has 144 valence electrons. The van der Waals surface area contributed by atoms with Crippen LogP contribution in [0.3, 0.4) is 0 Å². The molecule has 2 aromatic heterocycles. The van der Waals surface area contributed by atoms with Crippen molar-refractivity contribution in [1.29, 1.82) is 0 Å². The molecule has 4 aromatic rings. The monoisotopic (exact) mass is 386 g/mol. The van der Waals surface area contributed by atoms with Crippen molar-refractivity contribution in [1.82, 2.24) is 9.55 Å². The van der Waals surface area contributed by atoms with Crippen molar-refractivity contribution in [2.45, 2.75) is 6.61 Å². The zero-order valence-corrected chi connectivity index (χ0v) is 15.7. The number of esters is 1. The number of ether oxygens (including phenoxy) is 2. The van der Waals surface area contributed by atoms with Gasteiger partial charge in [-0.05, 0) is 24.3 Å². The van der Waals surface area contributed by atoms with Crippen LogP contribution in [0.1, 0.15) is 15.9 Å². The van der Waals surface area contributed by atoms with Gasteiger partial charge in [-0.1, -0.05) is 30.3 Å². The molecule has 0 amide bonds. The molecule has 0 unspecified atom stereocenters. The highest BCUT2D eigenvalue weighted by Gasteiger charge is 2.17. The van der Waals surface area contributed by atoms with E-state index in [0.717, 1.165) is 5.56 Å². The highest BCUT2D eigenvalue weighted by atomic mass is 16.5. The van der Waals surface area contributed by atoms with E-state index in [0.29, 0.717) is 27.8 Å². The van der Waals surface area contributed by atoms with Crippen LogP contribution in [0.5, 0.6) is 5.75 Å². The molecule has 2 heterocycles. The zero-order valence-electron chi connectivity index (χ0n) is 15.7. The van der Waals surface area contributed by atoms with Gasteiger partial charge in [0.25, 0.3) is 5.56 Å². The van der Waals surface area contributed by atoms with Crippen LogP contribution in [-0.4, -0.2) is 22.6 Å². The second-order valence-electron chi connectivity index (χ2n) is 6.40. The van der Waals surface area contributed by atoms with Crippen LogP contribution < -0.4 is 10.3 Å². The lowest BCUT2D eigenvalue weighted by Gasteiger charge is -2.13. The Kier molecular flexibility index (Phi) is 5.07. The molecule has 0 radical (unpaired) electrons. The minimum atomic E-state index is -0.512. The summed E-state index contributed by atoms with van der Waals surface area (Å²) in [6.07, 6.45) is 4.82. The molecule has 29 heavy (non-hydrogen) atoms. The van der Waals surface area contributed by atoms with E-state index < -0.39 is 5.97 Å². The average Bonchev–Trinajstić information content (AvgIpc) is 2.78. The first kappa shape index (κ1) is 18.4. The summed E-state index contributed by atoms with van der Waals surface area (Å²) in [7, 11) is 1.56. The Morgan fingerprint density at radius 1 is 1.03 bits per heavy atom. The third kappa shape index (κ3) is 3.73. The molecule has 0 spiro atoms. The molecule has 0 aliphatic heterocycles. The first-order valence-corrected chi connectivity index (χ1v) is 9.02. The first-order chi connectivity index (χ1) is 14.2. The smallest absolute Gasteiger partial charge is 0.340 e. The fraction of sp³-hybridized carbons (Fsp3) is 0.0870. The first-order valence-electron chi connectivity index (χ1n) is 9.02. The number of rotatable bonds is 5. The topological polar surface area (TPSA) is 70.4 Å². The highest BCUT2D eigenvalue weighted by molar-refractivity contribution is 6.04. The van der Waals surface area contributed by atoms with E-state index >= 15 is 0 Å². The van der Waals surface area contributed by atoms with Gasteiger partial charge in [-0.15, -0.1) is 0 Å². The summed E-state index contributed by atoms with van der Waals surface area (Å²) in [5.41, 5.74) is 1.47. The van der Waals surface area contributed by atoms with Crippen molar-refractivity contribution in [2.75, 3.05) is 7.11 Å². The molecule has 0 atom stereocenters. The number of nitrogens with zero attached hydrogens (tertiary/aromatic N) is 2. The third-order valence-electron chi connectivity index (χ3n) is 4.57. The lowest BCUT2D eigenvalue weighted by Crippen LogP contribution is -2.21. The van der Waals surface area contributed by atoms with Crippen molar-refractivity contribution >= 4 is 16.7 Å². The van der Waals surface area contributed by atoms with Crippen molar-refractivity contribution in [2.24, 2.45) is 0 Å². The van der Waals surface area contributed by atoms with Crippen LogP contribution >= 0.6 is 0 Å². The second kappa shape index (κ2) is 7.98. The summed E-state index contributed by atoms with van der Waals surface area (Å²) < 4.78 is 12.2. The molecule has 0 N–H and O–H groups in total. The molecule has 0 fully saturated rings. The maximum Gasteiger partial charge on any atom is 0.340 e. The van der Waals surface area contributed by atoms with Crippen molar-refractivity contribution in [3.63, 3.8) is 0 Å². The number of carbonyl (C=O) groups excluding carboxylic acids is 1. The summed E-state index contributed by atoms with van der Waals surface area (Å²) in [5, 5.41) is 0.985. The fourth-order valence-corrected chi connectivity index (χ4v) is 3.12. The van der Waals surface area contributed by atoms with E-state index in [1.807, 2.05) is 6.07 Å². The summed E-state index contributed by atoms with van der Waals surface area (Å²) in [6.45, 7) is 0.0965. The minimum absolute atomic E-state index is 0.0965. The van der Waals surface area contributed by atoms with Crippen LogP contribution in [0.2, 0.25) is 0 Å². The van der Waals surface area contributed by atoms with Gasteiger partial charge in [0.2, 0.25) is 0 Å². The number of fused-ring (bicyclic) bond motifs is 1. The number of methoxy groups -OCH3 is 1. The Balaban J connectivity index is 1.79. The lowest BCUT2D eigenvalue weighted by atomic mass is 10.1. The predicted octanol–water partition coefficient (Wildman–Crippen LogP) is 3.75. The summed E-state index contributed by atoms with van der Waals surface area (Å²) in [6, 6.07) is 17.7. The number of aromatic nitrogens is 2. The number of pyridine rings is 2. The summed E-state index contributed by atoms with van der Waals surface area (Å²) >= 11 is 0. The molecule has 0 saturated carbocycles. The molecule has 4 rings (SSSR count). The summed E-state index contributed by atoms with van der Waals surface area (Å²) in [4.78, 5) is 29.9. The largest absolute Gasteiger partial charge is 0.497 e. The fourth-order valence-electron chi connectivity index (χ4n) is 3.12. The van der Waals surface area contributed by atoms with Crippen molar-refractivity contribution in [3.05, 3.63) is 101 Å². The Morgan fingerprint density at radius 3 is 2.62 bits per heavy atom. The lowest BCUT2D eigenvalue weighted by molar-refractivity contribution is 0.0474. The van der Waals surface area contributed by atoms with Gasteiger partial charge >= 0.3 is 5.97 Å². The van der Waals surface area contributed by atoms with E-state index in [1.165, 1.54) is 10.8 Å². The van der Waals surface area contributed by atoms with Crippen LogP contribution in [0.15, 0.2) is 84.0 Å². The van der Waals surface area contributed by atoms with E-state index in [2.05, 4.69) is 4.98 Å². The van der Waals surface area contributed by atoms with Gasteiger partial charge in [0.15, 0.2) is 0 Å². The highest BCUT2D eigenvalue weighted by Crippen LogP contribution is 2.21. The standard InChI is InChI=1S/C23H18N2O4/c1-28-18-8-4-7-17(12-18)25-14-21(19-9-2-3-10-20(19)22(25)26)23(27)29-15-16-6-5-11-24-13-16/h2-14H,15H2,1H3. The van der Waals surface area contributed by atoms with Gasteiger partial charge < -0.3 is 9.47 Å². The summed E-state index contributed by atoms with van der Waals surface area (Å²) in [5.74, 6) is 0.102. The van der Waals surface area contributed by atoms with Gasteiger partial charge in [0.1, 0.15) is 12.4 Å². The van der Waals surface area contributed by atoms with Gasteiger partial charge in [0, 0.05) is 41.0 Å². The third-order valence-corrected chi connectivity index (χ3v) is 4.57. The molecular weight excluding hydrogens is 368 g/mol. The molecular formula is C23H18N2O4. The number of hydrogen-bond donors (Lipinski definition) is 0. The SMILES string of the molecule is COc1cccc(-n2cc(C(=O)OCc3cccnc3)c3ccccc3c2=O)c1. The quantitative estimate of drug-likeness (QED) is 0.489.